The molecule has 0 aliphatic heterocycles. The summed E-state index contributed by atoms with van der Waals surface area (Å²) in [6, 6.07) is 2.22. The molecule has 1 heterocycles. The zero-order chi connectivity index (χ0) is 14.5. The lowest BCUT2D eigenvalue weighted by molar-refractivity contribution is -0.137. The third kappa shape index (κ3) is 5.15. The molecular weight excluding hydrogens is 259 g/mol. The highest BCUT2D eigenvalue weighted by Gasteiger charge is 2.30. The topological polar surface area (TPSA) is 54.0 Å². The molecule has 0 spiro atoms. The van der Waals surface area contributed by atoms with Gasteiger partial charge in [-0.05, 0) is 12.1 Å². The Labute approximate surface area is 109 Å². The zero-order valence-corrected chi connectivity index (χ0v) is 10.7. The van der Waals surface area contributed by atoms with Crippen molar-refractivity contribution in [3.8, 4) is 0 Å². The lowest BCUT2D eigenvalue weighted by Gasteiger charge is -2.10. The fourth-order valence-corrected chi connectivity index (χ4v) is 1.25. The molecule has 0 aliphatic rings. The molecule has 0 saturated heterocycles. The van der Waals surface area contributed by atoms with Gasteiger partial charge in [0, 0.05) is 25.2 Å². The van der Waals surface area contributed by atoms with E-state index in [0.29, 0.717) is 18.9 Å². The van der Waals surface area contributed by atoms with Crippen LogP contribution in [0.5, 0.6) is 0 Å². The van der Waals surface area contributed by atoms with Gasteiger partial charge in [-0.1, -0.05) is 13.8 Å². The molecule has 1 amide bonds. The van der Waals surface area contributed by atoms with Crippen LogP contribution < -0.4 is 10.6 Å². The number of carbonyl (C=O) groups is 1. The first kappa shape index (κ1) is 15.3. The van der Waals surface area contributed by atoms with Crippen LogP contribution in [0.15, 0.2) is 18.3 Å². The smallest absolute Gasteiger partial charge is 0.368 e. The summed E-state index contributed by atoms with van der Waals surface area (Å²) in [4.78, 5) is 14.9. The highest BCUT2D eigenvalue weighted by atomic mass is 19.4. The molecule has 0 atom stereocenters. The number of amides is 1. The summed E-state index contributed by atoms with van der Waals surface area (Å²) in [6.07, 6.45) is -3.61. The molecule has 0 saturated carbocycles. The van der Waals surface area contributed by atoms with E-state index in [1.165, 1.54) is 6.07 Å². The molecule has 2 N–H and O–H groups in total. The number of anilines is 1. The number of pyridine rings is 1. The van der Waals surface area contributed by atoms with E-state index in [9.17, 15) is 18.0 Å². The van der Waals surface area contributed by atoms with Crippen molar-refractivity contribution in [1.29, 1.82) is 0 Å². The average Bonchev–Trinajstić information content (AvgIpc) is 2.33. The molecule has 106 valence electrons. The summed E-state index contributed by atoms with van der Waals surface area (Å²) in [5.41, 5.74) is -0.786. The van der Waals surface area contributed by atoms with Crippen molar-refractivity contribution in [3.05, 3.63) is 23.9 Å². The van der Waals surface area contributed by atoms with Gasteiger partial charge in [-0.3, -0.25) is 4.79 Å². The van der Waals surface area contributed by atoms with Crippen LogP contribution in [0.1, 0.15) is 19.4 Å². The summed E-state index contributed by atoms with van der Waals surface area (Å²) in [7, 11) is 0. The Morgan fingerprint density at radius 3 is 2.47 bits per heavy atom. The first-order valence-corrected chi connectivity index (χ1v) is 5.85. The second-order valence-corrected chi connectivity index (χ2v) is 4.30. The fraction of sp³-hybridized carbons (Fsp3) is 0.500. The summed E-state index contributed by atoms with van der Waals surface area (Å²) in [6.45, 7) is 4.34. The Balaban J connectivity index is 2.37. The van der Waals surface area contributed by atoms with E-state index >= 15 is 0 Å². The van der Waals surface area contributed by atoms with Crippen LogP contribution in [-0.2, 0) is 11.0 Å². The molecule has 0 fully saturated rings. The highest BCUT2D eigenvalue weighted by Crippen LogP contribution is 2.28. The number of nitrogens with one attached hydrogen (secondary N) is 2. The quantitative estimate of drug-likeness (QED) is 0.811. The van der Waals surface area contributed by atoms with Crippen LogP contribution in [0.25, 0.3) is 0 Å². The summed E-state index contributed by atoms with van der Waals surface area (Å²) in [5, 5.41) is 5.50. The lowest BCUT2D eigenvalue weighted by Crippen LogP contribution is -2.31. The van der Waals surface area contributed by atoms with Crippen molar-refractivity contribution in [1.82, 2.24) is 10.3 Å². The first-order chi connectivity index (χ1) is 8.80. The SMILES string of the molecule is CC(C)C(=O)NCCNc1ccc(C(F)(F)F)cn1. The number of hydrogen-bond donors (Lipinski definition) is 2. The minimum Gasteiger partial charge on any atom is -0.368 e. The number of aromatic nitrogens is 1. The lowest BCUT2D eigenvalue weighted by atomic mass is 10.2. The molecule has 7 heteroatoms. The normalized spacial score (nSPS) is 11.5. The van der Waals surface area contributed by atoms with Gasteiger partial charge in [0.1, 0.15) is 5.82 Å². The van der Waals surface area contributed by atoms with E-state index in [1.807, 2.05) is 0 Å². The van der Waals surface area contributed by atoms with Gasteiger partial charge in [0.2, 0.25) is 5.91 Å². The van der Waals surface area contributed by atoms with Crippen LogP contribution in [0.2, 0.25) is 0 Å². The number of hydrogen-bond acceptors (Lipinski definition) is 3. The van der Waals surface area contributed by atoms with Gasteiger partial charge in [0.05, 0.1) is 5.56 Å². The molecule has 19 heavy (non-hydrogen) atoms. The predicted molar refractivity (Wildman–Crippen MR) is 65.6 cm³/mol. The van der Waals surface area contributed by atoms with E-state index in [2.05, 4.69) is 15.6 Å². The van der Waals surface area contributed by atoms with Gasteiger partial charge in [-0.25, -0.2) is 4.98 Å². The number of rotatable bonds is 5. The van der Waals surface area contributed by atoms with E-state index < -0.39 is 11.7 Å². The Morgan fingerprint density at radius 1 is 1.32 bits per heavy atom. The largest absolute Gasteiger partial charge is 0.417 e. The van der Waals surface area contributed by atoms with Crippen molar-refractivity contribution < 1.29 is 18.0 Å². The highest BCUT2D eigenvalue weighted by molar-refractivity contribution is 5.77. The van der Waals surface area contributed by atoms with E-state index in [4.69, 9.17) is 0 Å². The maximum atomic E-state index is 12.3. The van der Waals surface area contributed by atoms with Crippen molar-refractivity contribution in [2.75, 3.05) is 18.4 Å². The number of alkyl halides is 3. The maximum absolute atomic E-state index is 12.3. The third-order valence-electron chi connectivity index (χ3n) is 2.35. The molecule has 4 nitrogen and oxygen atoms in total. The molecular formula is C12H16F3N3O. The Bertz CT molecular complexity index is 415. The fourth-order valence-electron chi connectivity index (χ4n) is 1.25. The molecule has 0 unspecified atom stereocenters. The average molecular weight is 275 g/mol. The first-order valence-electron chi connectivity index (χ1n) is 5.85. The molecule has 0 aromatic carbocycles. The summed E-state index contributed by atoms with van der Waals surface area (Å²) < 4.78 is 36.8. The minimum absolute atomic E-state index is 0.0674. The molecule has 1 aromatic rings. The monoisotopic (exact) mass is 275 g/mol. The minimum atomic E-state index is -4.38. The van der Waals surface area contributed by atoms with Crippen LogP contribution >= 0.6 is 0 Å². The van der Waals surface area contributed by atoms with Gasteiger partial charge < -0.3 is 10.6 Å². The predicted octanol–water partition coefficient (Wildman–Crippen LogP) is 2.28. The Hall–Kier alpha value is -1.79. The molecule has 0 bridgehead atoms. The summed E-state index contributed by atoms with van der Waals surface area (Å²) in [5.74, 6) is 0.179. The van der Waals surface area contributed by atoms with Gasteiger partial charge in [0.25, 0.3) is 0 Å². The molecule has 1 rings (SSSR count). The number of nitrogens with zero attached hydrogens (tertiary/aromatic N) is 1. The molecule has 0 aliphatic carbocycles. The Morgan fingerprint density at radius 2 is 2.00 bits per heavy atom. The van der Waals surface area contributed by atoms with Gasteiger partial charge in [-0.15, -0.1) is 0 Å². The Kier molecular flexibility index (Phi) is 5.14. The second kappa shape index (κ2) is 6.40. The number of halogens is 3. The zero-order valence-electron chi connectivity index (χ0n) is 10.7. The van der Waals surface area contributed by atoms with Crippen LogP contribution in [-0.4, -0.2) is 24.0 Å². The van der Waals surface area contributed by atoms with Gasteiger partial charge in [-0.2, -0.15) is 13.2 Å². The van der Waals surface area contributed by atoms with Gasteiger partial charge in [0.15, 0.2) is 0 Å². The standard InChI is InChI=1S/C12H16F3N3O/c1-8(2)11(19)17-6-5-16-10-4-3-9(7-18-10)12(13,14)15/h3-4,7-8H,5-6H2,1-2H3,(H,16,18)(H,17,19). The van der Waals surface area contributed by atoms with Crippen molar-refractivity contribution in [2.45, 2.75) is 20.0 Å². The molecule has 1 aromatic heterocycles. The van der Waals surface area contributed by atoms with E-state index in [-0.39, 0.29) is 11.8 Å². The summed E-state index contributed by atoms with van der Waals surface area (Å²) >= 11 is 0. The second-order valence-electron chi connectivity index (χ2n) is 4.30. The van der Waals surface area contributed by atoms with Crippen molar-refractivity contribution in [3.63, 3.8) is 0 Å². The van der Waals surface area contributed by atoms with Crippen LogP contribution in [0, 0.1) is 5.92 Å². The van der Waals surface area contributed by atoms with Gasteiger partial charge >= 0.3 is 6.18 Å². The van der Waals surface area contributed by atoms with E-state index in [0.717, 1.165) is 12.3 Å². The van der Waals surface area contributed by atoms with Crippen molar-refractivity contribution in [2.24, 2.45) is 5.92 Å². The third-order valence-corrected chi connectivity index (χ3v) is 2.35. The van der Waals surface area contributed by atoms with Crippen LogP contribution in [0.3, 0.4) is 0 Å². The molecule has 0 radical (unpaired) electrons. The maximum Gasteiger partial charge on any atom is 0.417 e. The number of carbonyl (C=O) groups excluding carboxylic acids is 1. The van der Waals surface area contributed by atoms with Crippen molar-refractivity contribution >= 4 is 11.7 Å². The van der Waals surface area contributed by atoms with Crippen LogP contribution in [0.4, 0.5) is 19.0 Å². The van der Waals surface area contributed by atoms with E-state index in [1.54, 1.807) is 13.8 Å².